The topological polar surface area (TPSA) is 38.3 Å². The van der Waals surface area contributed by atoms with E-state index in [-0.39, 0.29) is 5.69 Å². The van der Waals surface area contributed by atoms with Gasteiger partial charge < -0.3 is 10.1 Å². The van der Waals surface area contributed by atoms with Crippen LogP contribution < -0.4 is 10.1 Å². The maximum absolute atomic E-state index is 12.7. The van der Waals surface area contributed by atoms with E-state index in [1.165, 1.54) is 24.6 Å². The fourth-order valence-corrected chi connectivity index (χ4v) is 1.29. The zero-order valence-corrected chi connectivity index (χ0v) is 9.94. The fraction of sp³-hybridized carbons (Fsp3) is 0.364. The van der Waals surface area contributed by atoms with Gasteiger partial charge in [-0.2, -0.15) is 22.0 Å². The molecule has 1 aromatic rings. The van der Waals surface area contributed by atoms with Crippen LogP contribution in [0.3, 0.4) is 0 Å². The lowest BCUT2D eigenvalue weighted by molar-refractivity contribution is -0.267. The number of halogens is 5. The van der Waals surface area contributed by atoms with E-state index in [1.54, 1.807) is 6.92 Å². The first-order valence-corrected chi connectivity index (χ1v) is 5.00. The molecule has 19 heavy (non-hydrogen) atoms. The van der Waals surface area contributed by atoms with Crippen molar-refractivity contribution in [2.24, 2.45) is 0 Å². The summed E-state index contributed by atoms with van der Waals surface area (Å²) in [6, 6.07) is 3.73. The molecule has 1 amide bonds. The van der Waals surface area contributed by atoms with Gasteiger partial charge in [-0.15, -0.1) is 0 Å². The molecule has 0 aromatic heterocycles. The van der Waals surface area contributed by atoms with Crippen molar-refractivity contribution in [3.8, 4) is 5.75 Å². The van der Waals surface area contributed by atoms with Crippen molar-refractivity contribution in [1.29, 1.82) is 0 Å². The molecular formula is C11H10F5NO2. The van der Waals surface area contributed by atoms with Gasteiger partial charge in [0.15, 0.2) is 0 Å². The molecule has 0 aliphatic heterocycles. The Hall–Kier alpha value is -1.86. The van der Waals surface area contributed by atoms with Crippen LogP contribution in [-0.2, 0) is 4.79 Å². The smallest absolute Gasteiger partial charge is 0.463 e. The fourth-order valence-electron chi connectivity index (χ4n) is 1.29. The van der Waals surface area contributed by atoms with Crippen LogP contribution in [0.15, 0.2) is 18.2 Å². The third-order valence-corrected chi connectivity index (χ3v) is 2.29. The molecule has 0 fully saturated rings. The summed E-state index contributed by atoms with van der Waals surface area (Å²) < 4.78 is 66.1. The van der Waals surface area contributed by atoms with Gasteiger partial charge in [0.05, 0.1) is 7.11 Å². The molecule has 0 aliphatic rings. The summed E-state index contributed by atoms with van der Waals surface area (Å²) in [5.41, 5.74) is 0.308. The quantitative estimate of drug-likeness (QED) is 0.865. The molecule has 8 heteroatoms. The normalized spacial score (nSPS) is 12.2. The zero-order chi connectivity index (χ0) is 14.8. The maximum Gasteiger partial charge on any atom is 0.463 e. The summed E-state index contributed by atoms with van der Waals surface area (Å²) in [5.74, 6) is -7.45. The van der Waals surface area contributed by atoms with E-state index in [2.05, 4.69) is 0 Å². The molecule has 106 valence electrons. The predicted molar refractivity (Wildman–Crippen MR) is 57.4 cm³/mol. The number of ether oxygens (including phenoxy) is 1. The standard InChI is InChI=1S/C11H10F5NO2/c1-6-5-7(3-4-8(6)19-2)17-9(18)10(12,13)11(14,15)16/h3-5H,1-2H3,(H,17,18). The molecule has 1 N–H and O–H groups in total. The third kappa shape index (κ3) is 3.12. The number of carbonyl (C=O) groups is 1. The molecule has 0 saturated heterocycles. The van der Waals surface area contributed by atoms with Crippen LogP contribution in [0.1, 0.15) is 5.56 Å². The Morgan fingerprint density at radius 1 is 1.21 bits per heavy atom. The Morgan fingerprint density at radius 3 is 2.21 bits per heavy atom. The zero-order valence-electron chi connectivity index (χ0n) is 9.94. The molecule has 0 atom stereocenters. The number of nitrogens with one attached hydrogen (secondary N) is 1. The number of methoxy groups -OCH3 is 1. The average molecular weight is 283 g/mol. The summed E-state index contributed by atoms with van der Waals surface area (Å²) in [5, 5.41) is 1.52. The van der Waals surface area contributed by atoms with Crippen molar-refractivity contribution in [2.45, 2.75) is 19.0 Å². The van der Waals surface area contributed by atoms with Gasteiger partial charge in [0.2, 0.25) is 0 Å². The van der Waals surface area contributed by atoms with Gasteiger partial charge in [-0.05, 0) is 30.7 Å². The Balaban J connectivity index is 2.92. The number of benzene rings is 1. The highest BCUT2D eigenvalue weighted by molar-refractivity contribution is 5.96. The first-order chi connectivity index (χ1) is 8.59. The van der Waals surface area contributed by atoms with Gasteiger partial charge in [0.1, 0.15) is 5.75 Å². The lowest BCUT2D eigenvalue weighted by Gasteiger charge is -2.19. The van der Waals surface area contributed by atoms with E-state index in [1.807, 2.05) is 0 Å². The van der Waals surface area contributed by atoms with Crippen LogP contribution in [-0.4, -0.2) is 25.1 Å². The Bertz CT molecular complexity index is 484. The lowest BCUT2D eigenvalue weighted by Crippen LogP contribution is -2.47. The van der Waals surface area contributed by atoms with Crippen molar-refractivity contribution in [2.75, 3.05) is 12.4 Å². The van der Waals surface area contributed by atoms with Crippen molar-refractivity contribution in [1.82, 2.24) is 0 Å². The SMILES string of the molecule is COc1ccc(NC(=O)C(F)(F)C(F)(F)F)cc1C. The summed E-state index contributed by atoms with van der Waals surface area (Å²) in [4.78, 5) is 10.9. The van der Waals surface area contributed by atoms with Gasteiger partial charge >= 0.3 is 18.0 Å². The maximum atomic E-state index is 12.7. The van der Waals surface area contributed by atoms with E-state index in [9.17, 15) is 26.7 Å². The van der Waals surface area contributed by atoms with Crippen LogP contribution in [0.25, 0.3) is 0 Å². The number of carbonyl (C=O) groups excluding carboxylic acids is 1. The van der Waals surface area contributed by atoms with E-state index in [0.29, 0.717) is 11.3 Å². The first kappa shape index (κ1) is 15.2. The molecule has 0 bridgehead atoms. The van der Waals surface area contributed by atoms with Crippen molar-refractivity contribution >= 4 is 11.6 Å². The molecule has 0 spiro atoms. The largest absolute Gasteiger partial charge is 0.496 e. The van der Waals surface area contributed by atoms with Gasteiger partial charge in [0, 0.05) is 5.69 Å². The number of hydrogen-bond donors (Lipinski definition) is 1. The molecule has 0 heterocycles. The molecule has 0 saturated carbocycles. The minimum absolute atomic E-state index is 0.174. The minimum Gasteiger partial charge on any atom is -0.496 e. The second-order valence-electron chi connectivity index (χ2n) is 3.71. The van der Waals surface area contributed by atoms with Crippen molar-refractivity contribution in [3.05, 3.63) is 23.8 Å². The Morgan fingerprint density at radius 2 is 1.79 bits per heavy atom. The molecule has 1 rings (SSSR count). The number of anilines is 1. The highest BCUT2D eigenvalue weighted by Gasteiger charge is 2.63. The van der Waals surface area contributed by atoms with Crippen LogP contribution in [0.4, 0.5) is 27.6 Å². The molecule has 0 unspecified atom stereocenters. The second kappa shape index (κ2) is 5.02. The summed E-state index contributed by atoms with van der Waals surface area (Å²) >= 11 is 0. The number of rotatable bonds is 3. The predicted octanol–water partition coefficient (Wildman–Crippen LogP) is 3.14. The molecule has 0 radical (unpaired) electrons. The second-order valence-corrected chi connectivity index (χ2v) is 3.71. The van der Waals surface area contributed by atoms with Gasteiger partial charge in [-0.1, -0.05) is 0 Å². The van der Waals surface area contributed by atoms with Gasteiger partial charge in [0.25, 0.3) is 0 Å². The van der Waals surface area contributed by atoms with Crippen LogP contribution in [0, 0.1) is 6.92 Å². The highest BCUT2D eigenvalue weighted by Crippen LogP contribution is 2.36. The van der Waals surface area contributed by atoms with Crippen LogP contribution >= 0.6 is 0 Å². The van der Waals surface area contributed by atoms with Crippen molar-refractivity contribution < 1.29 is 31.5 Å². The van der Waals surface area contributed by atoms with E-state index in [4.69, 9.17) is 4.74 Å². The summed E-state index contributed by atoms with van der Waals surface area (Å²) in [6.45, 7) is 1.55. The number of aryl methyl sites for hydroxylation is 1. The van der Waals surface area contributed by atoms with Crippen molar-refractivity contribution in [3.63, 3.8) is 0 Å². The average Bonchev–Trinajstić information content (AvgIpc) is 2.27. The number of hydrogen-bond acceptors (Lipinski definition) is 2. The molecule has 0 aliphatic carbocycles. The third-order valence-electron chi connectivity index (χ3n) is 2.29. The van der Waals surface area contributed by atoms with E-state index in [0.717, 1.165) is 6.07 Å². The van der Waals surface area contributed by atoms with Crippen LogP contribution in [0.5, 0.6) is 5.75 Å². The molecular weight excluding hydrogens is 273 g/mol. The minimum atomic E-state index is -5.93. The summed E-state index contributed by atoms with van der Waals surface area (Å²) in [7, 11) is 1.37. The number of amides is 1. The number of alkyl halides is 5. The van der Waals surface area contributed by atoms with E-state index < -0.39 is 18.0 Å². The van der Waals surface area contributed by atoms with Gasteiger partial charge in [-0.3, -0.25) is 4.79 Å². The lowest BCUT2D eigenvalue weighted by atomic mass is 10.2. The van der Waals surface area contributed by atoms with Crippen LogP contribution in [0.2, 0.25) is 0 Å². The van der Waals surface area contributed by atoms with E-state index >= 15 is 0 Å². The summed E-state index contributed by atoms with van der Waals surface area (Å²) in [6.07, 6.45) is -5.93. The first-order valence-electron chi connectivity index (χ1n) is 5.00. The Kier molecular flexibility index (Phi) is 4.02. The molecule has 1 aromatic carbocycles. The van der Waals surface area contributed by atoms with Gasteiger partial charge in [-0.25, -0.2) is 0 Å². The molecule has 3 nitrogen and oxygen atoms in total. The Labute approximate surface area is 105 Å². The monoisotopic (exact) mass is 283 g/mol. The highest BCUT2D eigenvalue weighted by atomic mass is 19.4.